The first-order valence-corrected chi connectivity index (χ1v) is 5.07. The summed E-state index contributed by atoms with van der Waals surface area (Å²) in [6, 6.07) is 5.35. The maximum Gasteiger partial charge on any atom is 0.328 e. The van der Waals surface area contributed by atoms with Crippen LogP contribution in [0.25, 0.3) is 0 Å². The molecule has 0 aliphatic carbocycles. The minimum Gasteiger partial charge on any atom is -0.508 e. The molecule has 0 saturated heterocycles. The van der Waals surface area contributed by atoms with Gasteiger partial charge < -0.3 is 15.6 Å². The van der Waals surface area contributed by atoms with Crippen molar-refractivity contribution in [3.8, 4) is 5.75 Å². The number of rotatable bonds is 2. The number of aromatic hydroxyl groups is 1. The predicted molar refractivity (Wildman–Crippen MR) is 68.1 cm³/mol. The van der Waals surface area contributed by atoms with E-state index in [9.17, 15) is 4.79 Å². The molecule has 1 aromatic carbocycles. The smallest absolute Gasteiger partial charge is 0.328 e. The van der Waals surface area contributed by atoms with Crippen molar-refractivity contribution in [1.29, 1.82) is 0 Å². The molecule has 0 aliphatic rings. The maximum atomic E-state index is 11.6. The van der Waals surface area contributed by atoms with Gasteiger partial charge in [-0.25, -0.2) is 4.79 Å². The molecule has 0 bridgehead atoms. The van der Waals surface area contributed by atoms with Crippen molar-refractivity contribution >= 4 is 18.4 Å². The van der Waals surface area contributed by atoms with Gasteiger partial charge in [0.15, 0.2) is 0 Å². The Morgan fingerprint density at radius 2 is 1.76 bits per heavy atom. The fourth-order valence-electron chi connectivity index (χ4n) is 1.18. The quantitative estimate of drug-likeness (QED) is 0.799. The number of nitrogens with two attached hydrogens (primary N) is 1. The lowest BCUT2D eigenvalue weighted by Gasteiger charge is -2.22. The SMILES string of the molecule is CC(C)(C)OC(=O)C(N)c1ccc(O)cc1.Cl. The van der Waals surface area contributed by atoms with Gasteiger partial charge in [-0.05, 0) is 38.5 Å². The molecule has 0 fully saturated rings. The lowest BCUT2D eigenvalue weighted by atomic mass is 10.1. The third-order valence-electron chi connectivity index (χ3n) is 1.91. The Balaban J connectivity index is 0.00000256. The van der Waals surface area contributed by atoms with Gasteiger partial charge >= 0.3 is 5.97 Å². The van der Waals surface area contributed by atoms with E-state index in [1.165, 1.54) is 12.1 Å². The normalized spacial score (nSPS) is 12.5. The van der Waals surface area contributed by atoms with Crippen LogP contribution in [0.5, 0.6) is 5.75 Å². The van der Waals surface area contributed by atoms with Crippen LogP contribution in [-0.2, 0) is 9.53 Å². The minimum atomic E-state index is -0.820. The monoisotopic (exact) mass is 259 g/mol. The molecule has 0 aliphatic heterocycles. The highest BCUT2D eigenvalue weighted by Gasteiger charge is 2.23. The molecule has 0 saturated carbocycles. The number of benzene rings is 1. The van der Waals surface area contributed by atoms with E-state index >= 15 is 0 Å². The summed E-state index contributed by atoms with van der Waals surface area (Å²) in [5.74, 6) is -0.335. The van der Waals surface area contributed by atoms with Crippen LogP contribution in [0, 0.1) is 0 Å². The lowest BCUT2D eigenvalue weighted by Crippen LogP contribution is -2.31. The van der Waals surface area contributed by atoms with Crippen LogP contribution in [-0.4, -0.2) is 16.7 Å². The Kier molecular flexibility index (Phi) is 5.45. The molecule has 5 heteroatoms. The second-order valence-corrected chi connectivity index (χ2v) is 4.60. The van der Waals surface area contributed by atoms with E-state index in [1.54, 1.807) is 32.9 Å². The molecule has 0 heterocycles. The first-order chi connectivity index (χ1) is 7.29. The summed E-state index contributed by atoms with van der Waals surface area (Å²) in [5.41, 5.74) is 5.81. The number of carbonyl (C=O) groups excluding carboxylic acids is 1. The van der Waals surface area contributed by atoms with Crippen LogP contribution in [0.2, 0.25) is 0 Å². The van der Waals surface area contributed by atoms with Crippen LogP contribution in [0.3, 0.4) is 0 Å². The van der Waals surface area contributed by atoms with E-state index in [0.717, 1.165) is 0 Å². The van der Waals surface area contributed by atoms with Crippen LogP contribution in [0.15, 0.2) is 24.3 Å². The van der Waals surface area contributed by atoms with Gasteiger partial charge in [0, 0.05) is 0 Å². The Bertz CT molecular complexity index is 370. The van der Waals surface area contributed by atoms with E-state index in [-0.39, 0.29) is 18.2 Å². The highest BCUT2D eigenvalue weighted by atomic mass is 35.5. The fraction of sp³-hybridized carbons (Fsp3) is 0.417. The lowest BCUT2D eigenvalue weighted by molar-refractivity contribution is -0.156. The average Bonchev–Trinajstić information content (AvgIpc) is 2.15. The van der Waals surface area contributed by atoms with Crippen molar-refractivity contribution in [3.63, 3.8) is 0 Å². The van der Waals surface area contributed by atoms with E-state index in [0.29, 0.717) is 5.56 Å². The molecular weight excluding hydrogens is 242 g/mol. The molecule has 1 rings (SSSR count). The van der Waals surface area contributed by atoms with Crippen molar-refractivity contribution in [3.05, 3.63) is 29.8 Å². The Labute approximate surface area is 107 Å². The second kappa shape index (κ2) is 5.89. The molecule has 0 amide bonds. The second-order valence-electron chi connectivity index (χ2n) is 4.60. The van der Waals surface area contributed by atoms with Crippen LogP contribution in [0.1, 0.15) is 32.4 Å². The third-order valence-corrected chi connectivity index (χ3v) is 1.91. The van der Waals surface area contributed by atoms with Crippen molar-refractivity contribution in [2.75, 3.05) is 0 Å². The number of carbonyl (C=O) groups is 1. The zero-order valence-corrected chi connectivity index (χ0v) is 11.0. The first-order valence-electron chi connectivity index (χ1n) is 5.07. The summed E-state index contributed by atoms with van der Waals surface area (Å²) >= 11 is 0. The Hall–Kier alpha value is -1.26. The predicted octanol–water partition coefficient (Wildman–Crippen LogP) is 2.16. The number of esters is 1. The summed E-state index contributed by atoms with van der Waals surface area (Å²) < 4.78 is 5.16. The maximum absolute atomic E-state index is 11.6. The van der Waals surface area contributed by atoms with Gasteiger partial charge in [0.1, 0.15) is 17.4 Å². The summed E-state index contributed by atoms with van der Waals surface area (Å²) in [4.78, 5) is 11.6. The molecule has 0 spiro atoms. The molecule has 4 nitrogen and oxygen atoms in total. The van der Waals surface area contributed by atoms with E-state index in [2.05, 4.69) is 0 Å². The third kappa shape index (κ3) is 5.06. The number of phenols is 1. The molecule has 1 unspecified atom stereocenters. The minimum absolute atomic E-state index is 0. The number of ether oxygens (including phenoxy) is 1. The largest absolute Gasteiger partial charge is 0.508 e. The molecule has 0 radical (unpaired) electrons. The molecule has 0 aromatic heterocycles. The summed E-state index contributed by atoms with van der Waals surface area (Å²) in [6.07, 6.45) is 0. The standard InChI is InChI=1S/C12H17NO3.ClH/c1-12(2,3)16-11(15)10(13)8-4-6-9(14)7-5-8;/h4-7,10,14H,13H2,1-3H3;1H. The van der Waals surface area contributed by atoms with Gasteiger partial charge in [0.2, 0.25) is 0 Å². The van der Waals surface area contributed by atoms with Crippen molar-refractivity contribution in [1.82, 2.24) is 0 Å². The summed E-state index contributed by atoms with van der Waals surface area (Å²) in [7, 11) is 0. The zero-order chi connectivity index (χ0) is 12.3. The topological polar surface area (TPSA) is 72.5 Å². The van der Waals surface area contributed by atoms with Crippen molar-refractivity contribution < 1.29 is 14.6 Å². The highest BCUT2D eigenvalue weighted by Crippen LogP contribution is 2.18. The number of hydrogen-bond donors (Lipinski definition) is 2. The van der Waals surface area contributed by atoms with Gasteiger partial charge in [-0.2, -0.15) is 0 Å². The van der Waals surface area contributed by atoms with Gasteiger partial charge in [0.05, 0.1) is 0 Å². The van der Waals surface area contributed by atoms with Crippen LogP contribution >= 0.6 is 12.4 Å². The molecule has 1 atom stereocenters. The van der Waals surface area contributed by atoms with Crippen molar-refractivity contribution in [2.24, 2.45) is 5.73 Å². The number of halogens is 1. The fourth-order valence-corrected chi connectivity index (χ4v) is 1.18. The van der Waals surface area contributed by atoms with Gasteiger partial charge in [-0.15, -0.1) is 12.4 Å². The van der Waals surface area contributed by atoms with E-state index in [1.807, 2.05) is 0 Å². The van der Waals surface area contributed by atoms with Gasteiger partial charge in [-0.3, -0.25) is 0 Å². The zero-order valence-electron chi connectivity index (χ0n) is 10.1. The van der Waals surface area contributed by atoms with Gasteiger partial charge in [0.25, 0.3) is 0 Å². The Morgan fingerprint density at radius 3 is 2.18 bits per heavy atom. The summed E-state index contributed by atoms with van der Waals surface area (Å²) in [5, 5.41) is 9.11. The molecular formula is C12H18ClNO3. The first kappa shape index (κ1) is 15.7. The Morgan fingerprint density at radius 1 is 1.29 bits per heavy atom. The van der Waals surface area contributed by atoms with E-state index < -0.39 is 17.6 Å². The molecule has 96 valence electrons. The highest BCUT2D eigenvalue weighted by molar-refractivity contribution is 5.85. The van der Waals surface area contributed by atoms with E-state index in [4.69, 9.17) is 15.6 Å². The molecule has 17 heavy (non-hydrogen) atoms. The van der Waals surface area contributed by atoms with Crippen LogP contribution in [0.4, 0.5) is 0 Å². The van der Waals surface area contributed by atoms with Crippen molar-refractivity contribution in [2.45, 2.75) is 32.4 Å². The number of hydrogen-bond acceptors (Lipinski definition) is 4. The number of phenolic OH excluding ortho intramolecular Hbond substituents is 1. The summed E-state index contributed by atoms with van der Waals surface area (Å²) in [6.45, 7) is 5.36. The average molecular weight is 260 g/mol. The van der Waals surface area contributed by atoms with Gasteiger partial charge in [-0.1, -0.05) is 12.1 Å². The van der Waals surface area contributed by atoms with Crippen LogP contribution < -0.4 is 5.73 Å². The molecule has 3 N–H and O–H groups in total. The molecule has 1 aromatic rings.